The normalized spacial score (nSPS) is 13.4. The highest BCUT2D eigenvalue weighted by molar-refractivity contribution is 5.94. The predicted molar refractivity (Wildman–Crippen MR) is 238 cm³/mol. The fourth-order valence-corrected chi connectivity index (χ4v) is 7.49. The molecule has 10 aromatic rings. The van der Waals surface area contributed by atoms with E-state index in [1.54, 1.807) is 23.3 Å². The van der Waals surface area contributed by atoms with Crippen LogP contribution < -0.4 is 5.73 Å². The van der Waals surface area contributed by atoms with Crippen LogP contribution in [-0.4, -0.2) is 84.4 Å². The summed E-state index contributed by atoms with van der Waals surface area (Å²) in [6.45, 7) is 1.47. The summed E-state index contributed by atoms with van der Waals surface area (Å²) in [4.78, 5) is 40.9. The number of carbonyl (C=O) groups is 2. The summed E-state index contributed by atoms with van der Waals surface area (Å²) in [5, 5.41) is 24.4. The average Bonchev–Trinajstić information content (AvgIpc) is 3.82. The van der Waals surface area contributed by atoms with E-state index in [9.17, 15) is 9.59 Å². The first-order valence-electron chi connectivity index (χ1n) is 20.9. The average molecular weight is 878 g/mol. The molecule has 0 spiro atoms. The van der Waals surface area contributed by atoms with Gasteiger partial charge in [-0.1, -0.05) is 34.7 Å². The summed E-state index contributed by atoms with van der Waals surface area (Å²) in [5.74, 6) is 0.320. The second-order valence-corrected chi connectivity index (χ2v) is 16.0. The van der Waals surface area contributed by atoms with Crippen molar-refractivity contribution in [3.63, 3.8) is 0 Å². The highest BCUT2D eigenvalue weighted by Crippen LogP contribution is 2.40. The van der Waals surface area contributed by atoms with Gasteiger partial charge in [-0.05, 0) is 90.5 Å². The molecule has 324 valence electrons. The molecule has 0 radical (unpaired) electrons. The van der Waals surface area contributed by atoms with Gasteiger partial charge in [0, 0.05) is 74.9 Å². The molecule has 2 fully saturated rings. The molecule has 18 nitrogen and oxygen atoms in total. The van der Waals surface area contributed by atoms with Crippen molar-refractivity contribution in [3.8, 4) is 0 Å². The zero-order valence-corrected chi connectivity index (χ0v) is 35.4. The van der Waals surface area contributed by atoms with Crippen molar-refractivity contribution in [1.82, 2.24) is 67.5 Å². The lowest BCUT2D eigenvalue weighted by molar-refractivity contribution is 0.0690. The molecular formula is C45H44ClN15O3. The molecule has 0 saturated heterocycles. The molecule has 12 rings (SSSR count). The van der Waals surface area contributed by atoms with E-state index >= 15 is 0 Å². The summed E-state index contributed by atoms with van der Waals surface area (Å²) < 4.78 is 11.2. The van der Waals surface area contributed by atoms with Gasteiger partial charge in [0.25, 0.3) is 0 Å². The summed E-state index contributed by atoms with van der Waals surface area (Å²) in [7, 11) is 0. The lowest BCUT2D eigenvalue weighted by Gasteiger charge is -2.01. The summed E-state index contributed by atoms with van der Waals surface area (Å²) in [6, 6.07) is 16.3. The number of carbonyl (C=O) groups excluding carboxylic acids is 1. The number of rotatable bonds is 12. The van der Waals surface area contributed by atoms with Crippen LogP contribution >= 0.6 is 12.4 Å². The van der Waals surface area contributed by atoms with Gasteiger partial charge in [-0.3, -0.25) is 4.79 Å². The van der Waals surface area contributed by atoms with Gasteiger partial charge in [-0.15, -0.1) is 22.6 Å². The van der Waals surface area contributed by atoms with E-state index in [0.29, 0.717) is 50.0 Å². The van der Waals surface area contributed by atoms with E-state index in [1.807, 2.05) is 80.7 Å². The minimum Gasteiger partial charge on any atom is -0.476 e. The van der Waals surface area contributed by atoms with Gasteiger partial charge in [0.15, 0.2) is 11.5 Å². The monoisotopic (exact) mass is 877 g/mol. The molecule has 0 bridgehead atoms. The Morgan fingerprint density at radius 1 is 0.594 bits per heavy atom. The largest absolute Gasteiger partial charge is 0.476 e. The molecule has 2 saturated carbocycles. The number of carboxylic acids is 1. The zero-order valence-electron chi connectivity index (χ0n) is 34.6. The lowest BCUT2D eigenvalue weighted by atomic mass is 10.1. The van der Waals surface area contributed by atoms with E-state index in [2.05, 4.69) is 75.6 Å². The molecule has 0 atom stereocenters. The SMILES string of the molecule is Cl.NCc1ccc2nccn2c1.O=C(CCc1ccc2nccn2c1)c1cn(Cc2cn3cc(C4CC4)ccc3n2)nn1.O=C(O)c1cn(Cc2cn3cc(C4CC4)ccc3n2)nn1. The van der Waals surface area contributed by atoms with Gasteiger partial charge in [0.2, 0.25) is 0 Å². The predicted octanol–water partition coefficient (Wildman–Crippen LogP) is 6.08. The molecule has 19 heteroatoms. The Morgan fingerprint density at radius 3 is 1.61 bits per heavy atom. The number of carboxylic acid groups (broad SMARTS) is 1. The Hall–Kier alpha value is -7.57. The molecule has 10 aromatic heterocycles. The lowest BCUT2D eigenvalue weighted by Crippen LogP contribution is -2.03. The van der Waals surface area contributed by atoms with Crippen molar-refractivity contribution in [2.75, 3.05) is 0 Å². The second kappa shape index (κ2) is 18.0. The quantitative estimate of drug-likeness (QED) is 0.134. The number of aryl methyl sites for hydroxylation is 1. The van der Waals surface area contributed by atoms with E-state index in [4.69, 9.17) is 10.8 Å². The molecule has 64 heavy (non-hydrogen) atoms. The van der Waals surface area contributed by atoms with Crippen LogP contribution in [0.2, 0.25) is 0 Å². The Balaban J connectivity index is 0.000000135. The third-order valence-electron chi connectivity index (χ3n) is 11.2. The maximum atomic E-state index is 12.6. The maximum absolute atomic E-state index is 12.6. The Kier molecular flexibility index (Phi) is 11.8. The number of ketones is 1. The van der Waals surface area contributed by atoms with E-state index in [0.717, 1.165) is 45.1 Å². The van der Waals surface area contributed by atoms with Crippen LogP contribution in [0.1, 0.15) is 98.6 Å². The van der Waals surface area contributed by atoms with Crippen LogP contribution in [-0.2, 0) is 26.1 Å². The Bertz CT molecular complexity index is 3240. The Morgan fingerprint density at radius 2 is 1.09 bits per heavy atom. The van der Waals surface area contributed by atoms with Crippen molar-refractivity contribution >= 4 is 46.7 Å². The van der Waals surface area contributed by atoms with Crippen LogP contribution in [0.4, 0.5) is 0 Å². The number of Topliss-reactive ketones (excluding diaryl/α,β-unsaturated/α-hetero) is 1. The first kappa shape index (κ1) is 41.8. The number of pyridine rings is 4. The van der Waals surface area contributed by atoms with Gasteiger partial charge >= 0.3 is 5.97 Å². The molecule has 0 amide bonds. The number of imidazole rings is 4. The highest BCUT2D eigenvalue weighted by Gasteiger charge is 2.25. The third kappa shape index (κ3) is 9.57. The molecule has 2 aliphatic rings. The van der Waals surface area contributed by atoms with Crippen molar-refractivity contribution < 1.29 is 14.7 Å². The topological polar surface area (TPSA) is 211 Å². The van der Waals surface area contributed by atoms with Crippen LogP contribution in [0.15, 0.2) is 123 Å². The standard InChI is InChI=1S/C23H21N7O.C14H13N5O2.C8H9N3.ClH/c31-21(6-1-16-2-7-22-24-9-10-28(22)11-16)20-15-30(27-26-20)14-19-13-29-12-18(17-3-4-17)5-8-23(29)25-19;20-14(21)12-8-19(17-16-12)7-11-6-18-5-10(9-1-2-9)3-4-13(18)15-11;9-5-7-1-2-8-10-3-4-11(8)6-7;/h2,5,7-13,15,17H,1,3-4,6,14H2;3-6,8-9H,1-2,7H2,(H,20,21);1-4,6H,5,9H2;1H. The van der Waals surface area contributed by atoms with E-state index in [1.165, 1.54) is 47.7 Å². The first-order chi connectivity index (χ1) is 30.8. The molecule has 3 N–H and O–H groups in total. The number of halogens is 1. The van der Waals surface area contributed by atoms with Crippen LogP contribution in [0.5, 0.6) is 0 Å². The zero-order chi connectivity index (χ0) is 42.9. The minimum absolute atomic E-state index is 0. The third-order valence-corrected chi connectivity index (χ3v) is 11.2. The van der Waals surface area contributed by atoms with Crippen molar-refractivity contribution in [1.29, 1.82) is 0 Å². The van der Waals surface area contributed by atoms with Gasteiger partial charge in [-0.25, -0.2) is 34.1 Å². The molecule has 0 aliphatic heterocycles. The van der Waals surface area contributed by atoms with Crippen molar-refractivity contribution in [3.05, 3.63) is 168 Å². The van der Waals surface area contributed by atoms with Crippen LogP contribution in [0.3, 0.4) is 0 Å². The number of hydrogen-bond acceptors (Lipinski definition) is 11. The summed E-state index contributed by atoms with van der Waals surface area (Å²) >= 11 is 0. The van der Waals surface area contributed by atoms with Gasteiger partial charge < -0.3 is 28.4 Å². The second-order valence-electron chi connectivity index (χ2n) is 16.0. The molecular weight excluding hydrogens is 834 g/mol. The van der Waals surface area contributed by atoms with Crippen LogP contribution in [0.25, 0.3) is 22.6 Å². The smallest absolute Gasteiger partial charge is 0.358 e. The number of aromatic nitrogens is 14. The van der Waals surface area contributed by atoms with Crippen molar-refractivity contribution in [2.24, 2.45) is 5.73 Å². The fourth-order valence-electron chi connectivity index (χ4n) is 7.49. The summed E-state index contributed by atoms with van der Waals surface area (Å²) in [6.07, 6.45) is 28.8. The number of nitrogens with zero attached hydrogens (tertiary/aromatic N) is 14. The minimum atomic E-state index is -1.08. The van der Waals surface area contributed by atoms with E-state index < -0.39 is 5.97 Å². The van der Waals surface area contributed by atoms with Crippen LogP contribution in [0, 0.1) is 0 Å². The van der Waals surface area contributed by atoms with Gasteiger partial charge in [0.05, 0.1) is 36.9 Å². The first-order valence-corrected chi connectivity index (χ1v) is 20.9. The molecule has 2 aliphatic carbocycles. The Labute approximate surface area is 371 Å². The number of hydrogen-bond donors (Lipinski definition) is 2. The maximum Gasteiger partial charge on any atom is 0.358 e. The van der Waals surface area contributed by atoms with Gasteiger partial charge in [-0.2, -0.15) is 0 Å². The highest BCUT2D eigenvalue weighted by atomic mass is 35.5. The van der Waals surface area contributed by atoms with E-state index in [-0.39, 0.29) is 23.9 Å². The molecule has 0 aromatic carbocycles. The number of aromatic carboxylic acids is 1. The molecule has 10 heterocycles. The number of nitrogens with two attached hydrogens (primary N) is 1. The van der Waals surface area contributed by atoms with Gasteiger partial charge in [0.1, 0.15) is 28.3 Å². The fraction of sp³-hybridized carbons (Fsp3) is 0.244. The summed E-state index contributed by atoms with van der Waals surface area (Å²) in [5.41, 5.74) is 16.1. The molecule has 0 unspecified atom stereocenters. The van der Waals surface area contributed by atoms with Crippen molar-refractivity contribution in [2.45, 2.75) is 70.0 Å². The number of fused-ring (bicyclic) bond motifs is 4.